The average molecular weight is 275 g/mol. The lowest BCUT2D eigenvalue weighted by Crippen LogP contribution is -2.35. The Labute approximate surface area is 123 Å². The molecule has 2 rings (SSSR count). The van der Waals surface area contributed by atoms with Crippen LogP contribution in [0.3, 0.4) is 0 Å². The molecule has 0 amide bonds. The molecule has 20 heavy (non-hydrogen) atoms. The van der Waals surface area contributed by atoms with Crippen molar-refractivity contribution in [1.29, 1.82) is 0 Å². The molecule has 112 valence electrons. The number of rotatable bonds is 4. The van der Waals surface area contributed by atoms with Crippen LogP contribution in [0.15, 0.2) is 24.3 Å². The van der Waals surface area contributed by atoms with Gasteiger partial charge in [-0.1, -0.05) is 26.0 Å². The van der Waals surface area contributed by atoms with Gasteiger partial charge in [0.15, 0.2) is 0 Å². The molecule has 2 heteroatoms. The van der Waals surface area contributed by atoms with Crippen molar-refractivity contribution in [2.75, 3.05) is 0 Å². The molecule has 2 N–H and O–H groups in total. The zero-order valence-corrected chi connectivity index (χ0v) is 13.3. The first-order valence-electron chi connectivity index (χ1n) is 7.99. The predicted octanol–water partition coefficient (Wildman–Crippen LogP) is 4.34. The lowest BCUT2D eigenvalue weighted by atomic mass is 9.71. The summed E-state index contributed by atoms with van der Waals surface area (Å²) in [4.78, 5) is 0. The number of hydrogen-bond donors (Lipinski definition) is 1. The van der Waals surface area contributed by atoms with Crippen molar-refractivity contribution >= 4 is 0 Å². The summed E-state index contributed by atoms with van der Waals surface area (Å²) in [6.45, 7) is 8.77. The van der Waals surface area contributed by atoms with Gasteiger partial charge in [-0.2, -0.15) is 0 Å². The molecular formula is C18H29NO. The third-order valence-corrected chi connectivity index (χ3v) is 4.57. The molecule has 0 radical (unpaired) electrons. The maximum Gasteiger partial charge on any atom is 0.119 e. The normalized spacial score (nSPS) is 27.1. The summed E-state index contributed by atoms with van der Waals surface area (Å²) in [7, 11) is 0. The van der Waals surface area contributed by atoms with Gasteiger partial charge in [0.1, 0.15) is 5.75 Å². The van der Waals surface area contributed by atoms with E-state index in [-0.39, 0.29) is 6.10 Å². The molecule has 1 aliphatic carbocycles. The molecule has 1 aromatic rings. The number of benzene rings is 1. The van der Waals surface area contributed by atoms with Crippen molar-refractivity contribution in [2.45, 2.75) is 65.0 Å². The standard InChI is InChI=1S/C18H29NO/c1-12(2)15-7-10-18(19)17(11-15)14-5-8-16(9-6-14)20-13(3)4/h5-6,8-9,12-13,15,17-18H,7,10-11,19H2,1-4H3. The minimum Gasteiger partial charge on any atom is -0.491 e. The lowest BCUT2D eigenvalue weighted by Gasteiger charge is -2.36. The zero-order valence-electron chi connectivity index (χ0n) is 13.3. The van der Waals surface area contributed by atoms with Gasteiger partial charge in [0, 0.05) is 6.04 Å². The van der Waals surface area contributed by atoms with Gasteiger partial charge in [-0.05, 0) is 68.6 Å². The maximum atomic E-state index is 6.36. The Morgan fingerprint density at radius 2 is 1.70 bits per heavy atom. The van der Waals surface area contributed by atoms with E-state index < -0.39 is 0 Å². The summed E-state index contributed by atoms with van der Waals surface area (Å²) < 4.78 is 5.71. The molecule has 3 atom stereocenters. The molecule has 1 aliphatic rings. The molecular weight excluding hydrogens is 246 g/mol. The summed E-state index contributed by atoms with van der Waals surface area (Å²) in [5.74, 6) is 3.03. The number of ether oxygens (including phenoxy) is 1. The average Bonchev–Trinajstić information content (AvgIpc) is 2.39. The van der Waals surface area contributed by atoms with Crippen LogP contribution in [0.5, 0.6) is 5.75 Å². The Kier molecular flexibility index (Phi) is 5.09. The molecule has 3 unspecified atom stereocenters. The van der Waals surface area contributed by atoms with Crippen molar-refractivity contribution in [2.24, 2.45) is 17.6 Å². The van der Waals surface area contributed by atoms with Crippen LogP contribution in [0.2, 0.25) is 0 Å². The first-order chi connectivity index (χ1) is 9.47. The smallest absolute Gasteiger partial charge is 0.119 e. The van der Waals surface area contributed by atoms with Gasteiger partial charge >= 0.3 is 0 Å². The molecule has 0 saturated heterocycles. The van der Waals surface area contributed by atoms with Crippen LogP contribution in [0.4, 0.5) is 0 Å². The van der Waals surface area contributed by atoms with E-state index in [0.29, 0.717) is 12.0 Å². The lowest BCUT2D eigenvalue weighted by molar-refractivity contribution is 0.231. The summed E-state index contributed by atoms with van der Waals surface area (Å²) in [5, 5.41) is 0. The van der Waals surface area contributed by atoms with E-state index in [1.165, 1.54) is 18.4 Å². The largest absolute Gasteiger partial charge is 0.491 e. The van der Waals surface area contributed by atoms with E-state index in [4.69, 9.17) is 10.5 Å². The Bertz CT molecular complexity index is 410. The molecule has 0 heterocycles. The molecule has 0 aliphatic heterocycles. The second-order valence-electron chi connectivity index (χ2n) is 6.82. The molecule has 0 spiro atoms. The molecule has 1 fully saturated rings. The summed E-state index contributed by atoms with van der Waals surface area (Å²) in [5.41, 5.74) is 7.73. The van der Waals surface area contributed by atoms with Gasteiger partial charge in [0.2, 0.25) is 0 Å². The van der Waals surface area contributed by atoms with Crippen molar-refractivity contribution in [3.05, 3.63) is 29.8 Å². The van der Waals surface area contributed by atoms with E-state index in [1.54, 1.807) is 0 Å². The SMILES string of the molecule is CC(C)Oc1ccc(C2CC(C(C)C)CCC2N)cc1. The summed E-state index contributed by atoms with van der Waals surface area (Å²) in [6.07, 6.45) is 3.88. The second-order valence-corrected chi connectivity index (χ2v) is 6.82. The van der Waals surface area contributed by atoms with Crippen molar-refractivity contribution in [3.8, 4) is 5.75 Å². The highest BCUT2D eigenvalue weighted by atomic mass is 16.5. The van der Waals surface area contributed by atoms with Crippen LogP contribution in [0, 0.1) is 11.8 Å². The van der Waals surface area contributed by atoms with Gasteiger partial charge in [0.05, 0.1) is 6.10 Å². The van der Waals surface area contributed by atoms with Gasteiger partial charge < -0.3 is 10.5 Å². The van der Waals surface area contributed by atoms with Crippen molar-refractivity contribution in [3.63, 3.8) is 0 Å². The van der Waals surface area contributed by atoms with E-state index in [1.807, 2.05) is 0 Å². The third-order valence-electron chi connectivity index (χ3n) is 4.57. The van der Waals surface area contributed by atoms with Crippen molar-refractivity contribution in [1.82, 2.24) is 0 Å². The highest BCUT2D eigenvalue weighted by molar-refractivity contribution is 5.30. The van der Waals surface area contributed by atoms with Gasteiger partial charge in [-0.25, -0.2) is 0 Å². The van der Waals surface area contributed by atoms with Crippen LogP contribution >= 0.6 is 0 Å². The summed E-state index contributed by atoms with van der Waals surface area (Å²) in [6, 6.07) is 8.87. The molecule has 1 saturated carbocycles. The van der Waals surface area contributed by atoms with Crippen LogP contribution in [0.1, 0.15) is 58.4 Å². The highest BCUT2D eigenvalue weighted by Gasteiger charge is 2.30. The van der Waals surface area contributed by atoms with Crippen LogP contribution in [-0.4, -0.2) is 12.1 Å². The second kappa shape index (κ2) is 6.62. The highest BCUT2D eigenvalue weighted by Crippen LogP contribution is 2.39. The fraction of sp³-hybridized carbons (Fsp3) is 0.667. The quantitative estimate of drug-likeness (QED) is 0.887. The van der Waals surface area contributed by atoms with Crippen LogP contribution < -0.4 is 10.5 Å². The molecule has 1 aromatic carbocycles. The Balaban J connectivity index is 2.08. The van der Waals surface area contributed by atoms with Gasteiger partial charge in [0.25, 0.3) is 0 Å². The van der Waals surface area contributed by atoms with E-state index in [2.05, 4.69) is 52.0 Å². The Morgan fingerprint density at radius 3 is 2.25 bits per heavy atom. The Hall–Kier alpha value is -1.02. The molecule has 0 bridgehead atoms. The Morgan fingerprint density at radius 1 is 1.05 bits per heavy atom. The number of nitrogens with two attached hydrogens (primary N) is 1. The van der Waals surface area contributed by atoms with Crippen LogP contribution in [0.25, 0.3) is 0 Å². The van der Waals surface area contributed by atoms with E-state index >= 15 is 0 Å². The monoisotopic (exact) mass is 275 g/mol. The van der Waals surface area contributed by atoms with Gasteiger partial charge in [-0.15, -0.1) is 0 Å². The molecule has 2 nitrogen and oxygen atoms in total. The molecule has 0 aromatic heterocycles. The first-order valence-corrected chi connectivity index (χ1v) is 7.99. The summed E-state index contributed by atoms with van der Waals surface area (Å²) >= 11 is 0. The van der Waals surface area contributed by atoms with Crippen molar-refractivity contribution < 1.29 is 4.74 Å². The predicted molar refractivity (Wildman–Crippen MR) is 85.1 cm³/mol. The first kappa shape index (κ1) is 15.4. The minimum absolute atomic E-state index is 0.225. The maximum absolute atomic E-state index is 6.36. The van der Waals surface area contributed by atoms with E-state index in [9.17, 15) is 0 Å². The van der Waals surface area contributed by atoms with Gasteiger partial charge in [-0.3, -0.25) is 0 Å². The third kappa shape index (κ3) is 3.76. The fourth-order valence-corrected chi connectivity index (χ4v) is 3.28. The zero-order chi connectivity index (χ0) is 14.7. The number of hydrogen-bond acceptors (Lipinski definition) is 2. The fourth-order valence-electron chi connectivity index (χ4n) is 3.28. The van der Waals surface area contributed by atoms with E-state index in [0.717, 1.165) is 24.0 Å². The minimum atomic E-state index is 0.225. The van der Waals surface area contributed by atoms with Crippen LogP contribution in [-0.2, 0) is 0 Å². The topological polar surface area (TPSA) is 35.2 Å².